The molecule has 23 heavy (non-hydrogen) atoms. The van der Waals surface area contributed by atoms with Gasteiger partial charge in [0.15, 0.2) is 0 Å². The van der Waals surface area contributed by atoms with Crippen LogP contribution in [0.3, 0.4) is 0 Å². The van der Waals surface area contributed by atoms with Gasteiger partial charge in [0.1, 0.15) is 5.82 Å². The highest BCUT2D eigenvalue weighted by Gasteiger charge is 2.12. The molecule has 0 bridgehead atoms. The van der Waals surface area contributed by atoms with Crippen LogP contribution in [0.15, 0.2) is 48.5 Å². The number of halogens is 1. The van der Waals surface area contributed by atoms with Crippen molar-refractivity contribution in [3.63, 3.8) is 0 Å². The predicted octanol–water partition coefficient (Wildman–Crippen LogP) is 4.00. The lowest BCUT2D eigenvalue weighted by Gasteiger charge is -2.18. The lowest BCUT2D eigenvalue weighted by Crippen LogP contribution is -2.18. The first-order chi connectivity index (χ1) is 11.2. The molecule has 1 amide bonds. The Morgan fingerprint density at radius 1 is 1.09 bits per heavy atom. The van der Waals surface area contributed by atoms with Crippen LogP contribution in [0.5, 0.6) is 0 Å². The van der Waals surface area contributed by atoms with Crippen LogP contribution in [-0.4, -0.2) is 19.0 Å². The van der Waals surface area contributed by atoms with Gasteiger partial charge in [0.2, 0.25) is 5.91 Å². The van der Waals surface area contributed by atoms with Gasteiger partial charge in [-0.2, -0.15) is 0 Å². The van der Waals surface area contributed by atoms with Crippen LogP contribution in [0.25, 0.3) is 0 Å². The normalized spacial score (nSPS) is 14.0. The number of rotatable bonds is 5. The Morgan fingerprint density at radius 2 is 1.83 bits per heavy atom. The van der Waals surface area contributed by atoms with E-state index in [0.717, 1.165) is 24.3 Å². The molecule has 0 atom stereocenters. The van der Waals surface area contributed by atoms with Gasteiger partial charge in [-0.3, -0.25) is 4.79 Å². The summed E-state index contributed by atoms with van der Waals surface area (Å²) in [7, 11) is 0. The summed E-state index contributed by atoms with van der Waals surface area (Å²) in [4.78, 5) is 14.4. The van der Waals surface area contributed by atoms with Crippen molar-refractivity contribution in [2.45, 2.75) is 25.7 Å². The molecule has 1 aliphatic heterocycles. The SMILES string of the molecule is O=C(CCc1ccc(F)cc1)Nc1cccc(N2CCCC2)c1. The molecule has 4 heteroatoms. The zero-order valence-corrected chi connectivity index (χ0v) is 13.1. The van der Waals surface area contributed by atoms with Crippen molar-refractivity contribution in [1.29, 1.82) is 0 Å². The third-order valence-electron chi connectivity index (χ3n) is 4.16. The van der Waals surface area contributed by atoms with E-state index in [1.807, 2.05) is 18.2 Å². The molecule has 1 heterocycles. The molecule has 0 spiro atoms. The average Bonchev–Trinajstić information content (AvgIpc) is 3.09. The van der Waals surface area contributed by atoms with E-state index < -0.39 is 0 Å². The highest BCUT2D eigenvalue weighted by molar-refractivity contribution is 5.91. The Balaban J connectivity index is 1.55. The zero-order valence-electron chi connectivity index (χ0n) is 13.1. The van der Waals surface area contributed by atoms with Gasteiger partial charge in [0.25, 0.3) is 0 Å². The number of hydrogen-bond donors (Lipinski definition) is 1. The summed E-state index contributed by atoms with van der Waals surface area (Å²) in [6, 6.07) is 14.3. The monoisotopic (exact) mass is 312 g/mol. The average molecular weight is 312 g/mol. The zero-order chi connectivity index (χ0) is 16.1. The number of benzene rings is 2. The molecule has 2 aromatic carbocycles. The van der Waals surface area contributed by atoms with Gasteiger partial charge in [-0.15, -0.1) is 0 Å². The minimum Gasteiger partial charge on any atom is -0.371 e. The topological polar surface area (TPSA) is 32.3 Å². The summed E-state index contributed by atoms with van der Waals surface area (Å²) in [5.74, 6) is -0.273. The van der Waals surface area contributed by atoms with Crippen LogP contribution in [0.1, 0.15) is 24.8 Å². The van der Waals surface area contributed by atoms with Crippen molar-refractivity contribution in [1.82, 2.24) is 0 Å². The Hall–Kier alpha value is -2.36. The third kappa shape index (κ3) is 4.31. The fourth-order valence-corrected chi connectivity index (χ4v) is 2.89. The van der Waals surface area contributed by atoms with E-state index in [1.54, 1.807) is 12.1 Å². The second-order valence-corrected chi connectivity index (χ2v) is 5.92. The summed E-state index contributed by atoms with van der Waals surface area (Å²) in [6.07, 6.45) is 3.46. The lowest BCUT2D eigenvalue weighted by molar-refractivity contribution is -0.116. The van der Waals surface area contributed by atoms with E-state index in [-0.39, 0.29) is 11.7 Å². The first-order valence-corrected chi connectivity index (χ1v) is 8.10. The van der Waals surface area contributed by atoms with Crippen molar-refractivity contribution in [3.8, 4) is 0 Å². The van der Waals surface area contributed by atoms with Crippen molar-refractivity contribution in [2.24, 2.45) is 0 Å². The minimum absolute atomic E-state index is 0.0205. The molecule has 0 unspecified atom stereocenters. The quantitative estimate of drug-likeness (QED) is 0.905. The second kappa shape index (κ2) is 7.27. The van der Waals surface area contributed by atoms with Crippen LogP contribution in [0.2, 0.25) is 0 Å². The second-order valence-electron chi connectivity index (χ2n) is 5.92. The summed E-state index contributed by atoms with van der Waals surface area (Å²) in [5.41, 5.74) is 2.96. The number of nitrogens with zero attached hydrogens (tertiary/aromatic N) is 1. The number of aryl methyl sites for hydroxylation is 1. The van der Waals surface area contributed by atoms with Gasteiger partial charge in [-0.05, 0) is 55.2 Å². The van der Waals surface area contributed by atoms with Gasteiger partial charge in [-0.1, -0.05) is 18.2 Å². The van der Waals surface area contributed by atoms with Crippen LogP contribution < -0.4 is 10.2 Å². The van der Waals surface area contributed by atoms with E-state index >= 15 is 0 Å². The van der Waals surface area contributed by atoms with E-state index in [2.05, 4.69) is 16.3 Å². The third-order valence-corrected chi connectivity index (χ3v) is 4.16. The molecule has 0 aliphatic carbocycles. The molecule has 3 rings (SSSR count). The Bertz CT molecular complexity index is 663. The maximum atomic E-state index is 12.9. The van der Waals surface area contributed by atoms with E-state index in [9.17, 15) is 9.18 Å². The van der Waals surface area contributed by atoms with Gasteiger partial charge in [0.05, 0.1) is 0 Å². The standard InChI is InChI=1S/C19H21FN2O/c20-16-9-6-15(7-10-16)8-11-19(23)21-17-4-3-5-18(14-17)22-12-1-2-13-22/h3-7,9-10,14H,1-2,8,11-13H2,(H,21,23). The molecule has 1 saturated heterocycles. The van der Waals surface area contributed by atoms with Crippen LogP contribution in [0.4, 0.5) is 15.8 Å². The molecule has 1 N–H and O–H groups in total. The number of carbonyl (C=O) groups is 1. The van der Waals surface area contributed by atoms with Crippen LogP contribution in [0, 0.1) is 5.82 Å². The Kier molecular flexibility index (Phi) is 4.91. The number of carbonyl (C=O) groups excluding carboxylic acids is 1. The number of anilines is 2. The highest BCUT2D eigenvalue weighted by atomic mass is 19.1. The van der Waals surface area contributed by atoms with Gasteiger partial charge in [-0.25, -0.2) is 4.39 Å². The van der Waals surface area contributed by atoms with E-state index in [1.165, 1.54) is 30.7 Å². The van der Waals surface area contributed by atoms with E-state index in [4.69, 9.17) is 0 Å². The molecule has 1 fully saturated rings. The Morgan fingerprint density at radius 3 is 2.57 bits per heavy atom. The Labute approximate surface area is 136 Å². The summed E-state index contributed by atoms with van der Waals surface area (Å²) < 4.78 is 12.9. The van der Waals surface area contributed by atoms with Gasteiger partial charge < -0.3 is 10.2 Å². The number of amides is 1. The van der Waals surface area contributed by atoms with Crippen molar-refractivity contribution in [3.05, 3.63) is 59.9 Å². The summed E-state index contributed by atoms with van der Waals surface area (Å²) in [6.45, 7) is 2.17. The first kappa shape index (κ1) is 15.5. The molecule has 120 valence electrons. The molecular weight excluding hydrogens is 291 g/mol. The molecule has 3 nitrogen and oxygen atoms in total. The van der Waals surface area contributed by atoms with Crippen LogP contribution >= 0.6 is 0 Å². The number of nitrogens with one attached hydrogen (secondary N) is 1. The number of hydrogen-bond acceptors (Lipinski definition) is 2. The molecule has 1 aliphatic rings. The van der Waals surface area contributed by atoms with Crippen molar-refractivity contribution < 1.29 is 9.18 Å². The fraction of sp³-hybridized carbons (Fsp3) is 0.316. The summed E-state index contributed by atoms with van der Waals surface area (Å²) in [5, 5.41) is 2.95. The smallest absolute Gasteiger partial charge is 0.224 e. The molecule has 2 aromatic rings. The maximum Gasteiger partial charge on any atom is 0.224 e. The molecule has 0 radical (unpaired) electrons. The fourth-order valence-electron chi connectivity index (χ4n) is 2.89. The molecule has 0 aromatic heterocycles. The van der Waals surface area contributed by atoms with Crippen molar-refractivity contribution in [2.75, 3.05) is 23.3 Å². The summed E-state index contributed by atoms with van der Waals surface area (Å²) >= 11 is 0. The highest BCUT2D eigenvalue weighted by Crippen LogP contribution is 2.23. The van der Waals surface area contributed by atoms with E-state index in [0.29, 0.717) is 12.8 Å². The maximum absolute atomic E-state index is 12.9. The van der Waals surface area contributed by atoms with Gasteiger partial charge >= 0.3 is 0 Å². The molecule has 0 saturated carbocycles. The van der Waals surface area contributed by atoms with Crippen molar-refractivity contribution >= 4 is 17.3 Å². The largest absolute Gasteiger partial charge is 0.371 e. The van der Waals surface area contributed by atoms with Crippen LogP contribution in [-0.2, 0) is 11.2 Å². The first-order valence-electron chi connectivity index (χ1n) is 8.10. The predicted molar refractivity (Wildman–Crippen MR) is 91.2 cm³/mol. The minimum atomic E-state index is -0.253. The molecular formula is C19H21FN2O. The van der Waals surface area contributed by atoms with Gasteiger partial charge in [0, 0.05) is 30.9 Å². The lowest BCUT2D eigenvalue weighted by atomic mass is 10.1.